The first-order valence-electron chi connectivity index (χ1n) is 6.84. The second kappa shape index (κ2) is 8.03. The van der Waals surface area contributed by atoms with E-state index in [1.165, 1.54) is 0 Å². The summed E-state index contributed by atoms with van der Waals surface area (Å²) in [6.45, 7) is 5.28. The van der Waals surface area contributed by atoms with Crippen molar-refractivity contribution in [1.29, 1.82) is 0 Å². The van der Waals surface area contributed by atoms with E-state index < -0.39 is 6.10 Å². The molecule has 1 heterocycles. The molecule has 0 aliphatic carbocycles. The number of morpholine rings is 1. The molecule has 0 radical (unpaired) electrons. The fourth-order valence-electron chi connectivity index (χ4n) is 2.21. The van der Waals surface area contributed by atoms with E-state index in [9.17, 15) is 9.90 Å². The number of nitrogens with one attached hydrogen (secondary N) is 1. The van der Waals surface area contributed by atoms with Crippen molar-refractivity contribution in [1.82, 2.24) is 10.2 Å². The fraction of sp³-hybridized carbons (Fsp3) is 0.786. The van der Waals surface area contributed by atoms with Gasteiger partial charge in [0, 0.05) is 19.0 Å². The maximum absolute atomic E-state index is 12.2. The minimum Gasteiger partial charge on any atom is -0.393 e. The standard InChI is InChI=1S/C14H24N2O3/c1-4-6-12(5-2)15-14(18)16-7-8-19-10-13(16)9-11(3)17/h1,11-13,17H,5-10H2,2-3H3,(H,15,18)/t11-,12+,13+/m1/s1. The summed E-state index contributed by atoms with van der Waals surface area (Å²) in [4.78, 5) is 14.0. The first kappa shape index (κ1) is 15.8. The molecular weight excluding hydrogens is 244 g/mol. The Morgan fingerprint density at radius 1 is 1.68 bits per heavy atom. The van der Waals surface area contributed by atoms with Crippen LogP contribution in [0.25, 0.3) is 0 Å². The normalized spacial score (nSPS) is 22.4. The summed E-state index contributed by atoms with van der Waals surface area (Å²) in [6, 6.07) is -0.180. The maximum atomic E-state index is 12.2. The molecule has 1 aliphatic rings. The van der Waals surface area contributed by atoms with Crippen LogP contribution in [0.5, 0.6) is 0 Å². The van der Waals surface area contributed by atoms with E-state index in [0.717, 1.165) is 6.42 Å². The Morgan fingerprint density at radius 3 is 3.00 bits per heavy atom. The highest BCUT2D eigenvalue weighted by Gasteiger charge is 2.29. The van der Waals surface area contributed by atoms with Crippen molar-refractivity contribution < 1.29 is 14.6 Å². The molecule has 0 spiro atoms. The van der Waals surface area contributed by atoms with Crippen molar-refractivity contribution in [2.45, 2.75) is 51.3 Å². The number of urea groups is 1. The first-order chi connectivity index (χ1) is 9.08. The number of nitrogens with zero attached hydrogens (tertiary/aromatic N) is 1. The second-order valence-electron chi connectivity index (χ2n) is 4.97. The summed E-state index contributed by atoms with van der Waals surface area (Å²) < 4.78 is 5.38. The molecule has 1 aliphatic heterocycles. The summed E-state index contributed by atoms with van der Waals surface area (Å²) in [6.07, 6.45) is 6.70. The highest BCUT2D eigenvalue weighted by atomic mass is 16.5. The molecule has 0 aromatic heterocycles. The number of aliphatic hydroxyl groups excluding tert-OH is 1. The molecule has 0 unspecified atom stereocenters. The topological polar surface area (TPSA) is 61.8 Å². The Kier molecular flexibility index (Phi) is 6.68. The third kappa shape index (κ3) is 5.09. The minimum absolute atomic E-state index is 0.00699. The van der Waals surface area contributed by atoms with Crippen molar-refractivity contribution in [3.8, 4) is 12.3 Å². The van der Waals surface area contributed by atoms with Crippen LogP contribution in [0.4, 0.5) is 4.79 Å². The van der Waals surface area contributed by atoms with Gasteiger partial charge >= 0.3 is 6.03 Å². The average molecular weight is 268 g/mol. The Morgan fingerprint density at radius 2 is 2.42 bits per heavy atom. The van der Waals surface area contributed by atoms with Gasteiger partial charge in [0.1, 0.15) is 0 Å². The van der Waals surface area contributed by atoms with Crippen LogP contribution < -0.4 is 5.32 Å². The molecule has 1 rings (SSSR count). The van der Waals surface area contributed by atoms with Crippen LogP contribution in [0.15, 0.2) is 0 Å². The van der Waals surface area contributed by atoms with Crippen LogP contribution in [0.1, 0.15) is 33.1 Å². The Labute approximate surface area is 115 Å². The first-order valence-corrected chi connectivity index (χ1v) is 6.84. The van der Waals surface area contributed by atoms with Crippen LogP contribution in [0.2, 0.25) is 0 Å². The zero-order valence-electron chi connectivity index (χ0n) is 11.8. The number of carbonyl (C=O) groups excluding carboxylic acids is 1. The zero-order valence-corrected chi connectivity index (χ0v) is 11.8. The second-order valence-corrected chi connectivity index (χ2v) is 4.97. The number of hydrogen-bond donors (Lipinski definition) is 2. The molecule has 19 heavy (non-hydrogen) atoms. The summed E-state index contributed by atoms with van der Waals surface area (Å²) in [7, 11) is 0. The molecule has 2 N–H and O–H groups in total. The number of rotatable bonds is 5. The van der Waals surface area contributed by atoms with Gasteiger partial charge in [-0.1, -0.05) is 6.92 Å². The van der Waals surface area contributed by atoms with Gasteiger partial charge in [0.2, 0.25) is 0 Å². The van der Waals surface area contributed by atoms with Gasteiger partial charge in [-0.3, -0.25) is 0 Å². The fourth-order valence-corrected chi connectivity index (χ4v) is 2.21. The van der Waals surface area contributed by atoms with E-state index in [0.29, 0.717) is 32.6 Å². The van der Waals surface area contributed by atoms with Crippen molar-refractivity contribution >= 4 is 6.03 Å². The van der Waals surface area contributed by atoms with E-state index in [-0.39, 0.29) is 18.1 Å². The number of terminal acetylenes is 1. The minimum atomic E-state index is -0.449. The lowest BCUT2D eigenvalue weighted by Gasteiger charge is -2.37. The number of aliphatic hydroxyl groups is 1. The molecular formula is C14H24N2O3. The van der Waals surface area contributed by atoms with E-state index in [4.69, 9.17) is 11.2 Å². The van der Waals surface area contributed by atoms with Gasteiger partial charge in [-0.05, 0) is 19.8 Å². The van der Waals surface area contributed by atoms with Gasteiger partial charge < -0.3 is 20.1 Å². The van der Waals surface area contributed by atoms with E-state index in [1.54, 1.807) is 11.8 Å². The molecule has 3 atom stereocenters. The highest BCUT2D eigenvalue weighted by Crippen LogP contribution is 2.13. The van der Waals surface area contributed by atoms with Crippen molar-refractivity contribution in [2.24, 2.45) is 0 Å². The van der Waals surface area contributed by atoms with Gasteiger partial charge in [-0.2, -0.15) is 0 Å². The van der Waals surface area contributed by atoms with Gasteiger partial charge in [-0.15, -0.1) is 12.3 Å². The van der Waals surface area contributed by atoms with E-state index in [2.05, 4.69) is 11.2 Å². The number of amides is 2. The highest BCUT2D eigenvalue weighted by molar-refractivity contribution is 5.75. The van der Waals surface area contributed by atoms with Crippen LogP contribution in [-0.4, -0.2) is 54.0 Å². The molecule has 108 valence electrons. The summed E-state index contributed by atoms with van der Waals surface area (Å²) in [5, 5.41) is 12.4. The molecule has 1 saturated heterocycles. The molecule has 1 fully saturated rings. The molecule has 5 heteroatoms. The lowest BCUT2D eigenvalue weighted by molar-refractivity contribution is -0.00481. The lowest BCUT2D eigenvalue weighted by atomic mass is 10.1. The number of ether oxygens (including phenoxy) is 1. The predicted octanol–water partition coefficient (Wildman–Crippen LogP) is 0.970. The van der Waals surface area contributed by atoms with Crippen LogP contribution in [-0.2, 0) is 4.74 Å². The van der Waals surface area contributed by atoms with Gasteiger partial charge in [0.15, 0.2) is 0 Å². The lowest BCUT2D eigenvalue weighted by Crippen LogP contribution is -2.54. The predicted molar refractivity (Wildman–Crippen MR) is 73.7 cm³/mol. The van der Waals surface area contributed by atoms with Gasteiger partial charge in [-0.25, -0.2) is 4.79 Å². The van der Waals surface area contributed by atoms with Crippen LogP contribution in [0, 0.1) is 12.3 Å². The Hall–Kier alpha value is -1.25. The summed E-state index contributed by atoms with van der Waals surface area (Å²) in [5.74, 6) is 2.57. The summed E-state index contributed by atoms with van der Waals surface area (Å²) >= 11 is 0. The van der Waals surface area contributed by atoms with Crippen molar-refractivity contribution in [2.75, 3.05) is 19.8 Å². The third-order valence-corrected chi connectivity index (χ3v) is 3.29. The monoisotopic (exact) mass is 268 g/mol. The summed E-state index contributed by atoms with van der Waals surface area (Å²) in [5.41, 5.74) is 0. The SMILES string of the molecule is C#CC[C@H](CC)NC(=O)N1CCOC[C@@H]1C[C@@H](C)O. The van der Waals surface area contributed by atoms with Crippen molar-refractivity contribution in [3.05, 3.63) is 0 Å². The van der Waals surface area contributed by atoms with Crippen LogP contribution >= 0.6 is 0 Å². The molecule has 0 saturated carbocycles. The van der Waals surface area contributed by atoms with Gasteiger partial charge in [0.25, 0.3) is 0 Å². The smallest absolute Gasteiger partial charge is 0.318 e. The molecule has 0 aromatic rings. The molecule has 2 amide bonds. The van der Waals surface area contributed by atoms with Gasteiger partial charge in [0.05, 0.1) is 25.4 Å². The Bertz CT molecular complexity index is 325. The van der Waals surface area contributed by atoms with Crippen LogP contribution in [0.3, 0.4) is 0 Å². The van der Waals surface area contributed by atoms with E-state index in [1.807, 2.05) is 6.92 Å². The number of carbonyl (C=O) groups is 1. The third-order valence-electron chi connectivity index (χ3n) is 3.29. The van der Waals surface area contributed by atoms with E-state index >= 15 is 0 Å². The molecule has 0 aromatic carbocycles. The number of hydrogen-bond acceptors (Lipinski definition) is 3. The van der Waals surface area contributed by atoms with Crippen molar-refractivity contribution in [3.63, 3.8) is 0 Å². The molecule has 0 bridgehead atoms. The maximum Gasteiger partial charge on any atom is 0.318 e. The molecule has 5 nitrogen and oxygen atoms in total. The Balaban J connectivity index is 2.58. The largest absolute Gasteiger partial charge is 0.393 e. The quantitative estimate of drug-likeness (QED) is 0.730. The zero-order chi connectivity index (χ0) is 14.3. The average Bonchev–Trinajstić information content (AvgIpc) is 2.38.